The van der Waals surface area contributed by atoms with E-state index in [1.165, 1.54) is 0 Å². The van der Waals surface area contributed by atoms with Gasteiger partial charge in [-0.3, -0.25) is 0 Å². The first-order chi connectivity index (χ1) is 6.25. The van der Waals surface area contributed by atoms with Gasteiger partial charge in [0.15, 0.2) is 0 Å². The molecule has 5 heteroatoms. The molecule has 1 aromatic heterocycles. The summed E-state index contributed by atoms with van der Waals surface area (Å²) >= 11 is 0. The summed E-state index contributed by atoms with van der Waals surface area (Å²) in [7, 11) is 0. The van der Waals surface area contributed by atoms with Crippen molar-refractivity contribution in [3.63, 3.8) is 0 Å². The van der Waals surface area contributed by atoms with Crippen molar-refractivity contribution >= 4 is 0 Å². The fourth-order valence-electron chi connectivity index (χ4n) is 1.32. The third kappa shape index (κ3) is 1.87. The number of nitrogens with two attached hydrogens (primary N) is 1. The highest BCUT2D eigenvalue weighted by molar-refractivity contribution is 5.02. The molecule has 1 saturated carbocycles. The van der Waals surface area contributed by atoms with Gasteiger partial charge in [0, 0.05) is 6.04 Å². The van der Waals surface area contributed by atoms with E-state index in [-0.39, 0.29) is 0 Å². The van der Waals surface area contributed by atoms with Crippen LogP contribution in [0.3, 0.4) is 0 Å². The normalized spacial score (nSPS) is 27.2. The zero-order chi connectivity index (χ0) is 9.26. The lowest BCUT2D eigenvalue weighted by atomic mass is 9.90. The van der Waals surface area contributed by atoms with E-state index in [0.717, 1.165) is 24.2 Å². The lowest BCUT2D eigenvalue weighted by Gasteiger charge is -2.31. The molecule has 2 rings (SSSR count). The zero-order valence-electron chi connectivity index (χ0n) is 7.56. The van der Waals surface area contributed by atoms with Crippen LogP contribution in [-0.2, 0) is 11.3 Å². The Morgan fingerprint density at radius 3 is 2.85 bits per heavy atom. The van der Waals surface area contributed by atoms with Crippen LogP contribution in [0, 0.1) is 6.92 Å². The minimum atomic E-state index is 0.297. The van der Waals surface area contributed by atoms with Crippen molar-refractivity contribution in [2.75, 3.05) is 0 Å². The minimum absolute atomic E-state index is 0.297. The van der Waals surface area contributed by atoms with E-state index in [4.69, 9.17) is 10.5 Å². The van der Waals surface area contributed by atoms with Gasteiger partial charge in [-0.2, -0.15) is 0 Å². The topological polar surface area (TPSA) is 74.2 Å². The summed E-state index contributed by atoms with van der Waals surface area (Å²) in [5.74, 6) is 0. The van der Waals surface area contributed by atoms with Gasteiger partial charge >= 0.3 is 0 Å². The summed E-state index contributed by atoms with van der Waals surface area (Å²) in [6.45, 7) is 2.33. The van der Waals surface area contributed by atoms with Gasteiger partial charge in [-0.15, -0.1) is 0 Å². The van der Waals surface area contributed by atoms with Crippen LogP contribution < -0.4 is 5.73 Å². The van der Waals surface area contributed by atoms with Crippen LogP contribution in [0.15, 0.2) is 4.63 Å². The van der Waals surface area contributed by atoms with Gasteiger partial charge in [0.1, 0.15) is 11.4 Å². The van der Waals surface area contributed by atoms with Gasteiger partial charge in [0.05, 0.1) is 12.7 Å². The molecule has 1 aliphatic carbocycles. The molecule has 0 atom stereocenters. The maximum absolute atomic E-state index is 5.62. The van der Waals surface area contributed by atoms with Crippen molar-refractivity contribution in [1.29, 1.82) is 0 Å². The van der Waals surface area contributed by atoms with Crippen molar-refractivity contribution < 1.29 is 9.37 Å². The lowest BCUT2D eigenvalue weighted by Crippen LogP contribution is -2.41. The molecular weight excluding hydrogens is 170 g/mol. The van der Waals surface area contributed by atoms with Crippen LogP contribution in [0.2, 0.25) is 0 Å². The average molecular weight is 183 g/mol. The van der Waals surface area contributed by atoms with Gasteiger partial charge in [0.25, 0.3) is 0 Å². The predicted octanol–water partition coefficient (Wildman–Crippen LogP) is 0.384. The molecule has 0 radical (unpaired) electrons. The number of aromatic nitrogens is 2. The quantitative estimate of drug-likeness (QED) is 0.733. The summed E-state index contributed by atoms with van der Waals surface area (Å²) < 4.78 is 10.1. The van der Waals surface area contributed by atoms with Crippen LogP contribution in [-0.4, -0.2) is 22.5 Å². The smallest absolute Gasteiger partial charge is 0.133 e. The SMILES string of the molecule is Cc1nonc1COC1CC(N)C1. The Morgan fingerprint density at radius 2 is 2.31 bits per heavy atom. The highest BCUT2D eigenvalue weighted by Gasteiger charge is 2.26. The summed E-state index contributed by atoms with van der Waals surface area (Å²) in [6.07, 6.45) is 2.19. The molecule has 1 aliphatic rings. The Hall–Kier alpha value is -0.940. The van der Waals surface area contributed by atoms with Crippen molar-refractivity contribution in [2.45, 2.75) is 38.5 Å². The summed E-state index contributed by atoms with van der Waals surface area (Å²) in [5.41, 5.74) is 7.19. The molecule has 0 saturated heterocycles. The van der Waals surface area contributed by atoms with E-state index in [2.05, 4.69) is 14.9 Å². The van der Waals surface area contributed by atoms with Gasteiger partial charge in [0.2, 0.25) is 0 Å². The third-order valence-electron chi connectivity index (χ3n) is 2.33. The first-order valence-corrected chi connectivity index (χ1v) is 4.41. The van der Waals surface area contributed by atoms with Crippen LogP contribution in [0.1, 0.15) is 24.2 Å². The average Bonchev–Trinajstić information content (AvgIpc) is 2.43. The van der Waals surface area contributed by atoms with Crippen LogP contribution in [0.25, 0.3) is 0 Å². The van der Waals surface area contributed by atoms with Gasteiger partial charge in [-0.1, -0.05) is 10.3 Å². The minimum Gasteiger partial charge on any atom is -0.372 e. The van der Waals surface area contributed by atoms with Gasteiger partial charge in [-0.25, -0.2) is 4.63 Å². The summed E-state index contributed by atoms with van der Waals surface area (Å²) in [6, 6.07) is 0.321. The molecule has 13 heavy (non-hydrogen) atoms. The fraction of sp³-hybridized carbons (Fsp3) is 0.750. The number of rotatable bonds is 3. The van der Waals surface area contributed by atoms with E-state index in [1.54, 1.807) is 0 Å². The van der Waals surface area contributed by atoms with E-state index >= 15 is 0 Å². The van der Waals surface area contributed by atoms with Crippen LogP contribution >= 0.6 is 0 Å². The van der Waals surface area contributed by atoms with Crippen LogP contribution in [0.4, 0.5) is 0 Å². The number of nitrogens with zero attached hydrogens (tertiary/aromatic N) is 2. The molecule has 0 bridgehead atoms. The fourth-order valence-corrected chi connectivity index (χ4v) is 1.32. The molecule has 2 N–H and O–H groups in total. The summed E-state index contributed by atoms with van der Waals surface area (Å²) in [5, 5.41) is 7.39. The van der Waals surface area contributed by atoms with Crippen molar-refractivity contribution in [2.24, 2.45) is 5.73 Å². The molecule has 5 nitrogen and oxygen atoms in total. The number of hydrogen-bond donors (Lipinski definition) is 1. The maximum Gasteiger partial charge on any atom is 0.133 e. The first-order valence-electron chi connectivity index (χ1n) is 4.41. The molecule has 0 amide bonds. The highest BCUT2D eigenvalue weighted by Crippen LogP contribution is 2.22. The van der Waals surface area contributed by atoms with E-state index < -0.39 is 0 Å². The molecule has 1 aromatic rings. The van der Waals surface area contributed by atoms with Crippen LogP contribution in [0.5, 0.6) is 0 Å². The standard InChI is InChI=1S/C8H13N3O2/c1-5-8(11-13-10-5)4-12-7-2-6(9)3-7/h6-7H,2-4,9H2,1H3. The summed E-state index contributed by atoms with van der Waals surface area (Å²) in [4.78, 5) is 0. The second-order valence-corrected chi connectivity index (χ2v) is 3.46. The van der Waals surface area contributed by atoms with Gasteiger partial charge in [-0.05, 0) is 19.8 Å². The Labute approximate surface area is 76.2 Å². The van der Waals surface area contributed by atoms with Crippen molar-refractivity contribution in [1.82, 2.24) is 10.3 Å². The van der Waals surface area contributed by atoms with E-state index in [1.807, 2.05) is 6.92 Å². The molecule has 72 valence electrons. The second kappa shape index (κ2) is 3.43. The Morgan fingerprint density at radius 1 is 1.54 bits per heavy atom. The third-order valence-corrected chi connectivity index (χ3v) is 2.33. The number of aryl methyl sites for hydroxylation is 1. The van der Waals surface area contributed by atoms with E-state index in [9.17, 15) is 0 Å². The monoisotopic (exact) mass is 183 g/mol. The van der Waals surface area contributed by atoms with Crippen molar-refractivity contribution in [3.8, 4) is 0 Å². The Bertz CT molecular complexity index is 281. The molecule has 0 spiro atoms. The van der Waals surface area contributed by atoms with Crippen molar-refractivity contribution in [3.05, 3.63) is 11.4 Å². The Balaban J connectivity index is 1.77. The largest absolute Gasteiger partial charge is 0.372 e. The first kappa shape index (κ1) is 8.65. The lowest BCUT2D eigenvalue weighted by molar-refractivity contribution is -0.0211. The van der Waals surface area contributed by atoms with Gasteiger partial charge < -0.3 is 10.5 Å². The molecule has 0 unspecified atom stereocenters. The molecule has 0 aromatic carbocycles. The molecule has 1 heterocycles. The number of ether oxygens (including phenoxy) is 1. The maximum atomic E-state index is 5.62. The highest BCUT2D eigenvalue weighted by atomic mass is 16.6. The Kier molecular flexibility index (Phi) is 2.28. The van der Waals surface area contributed by atoms with E-state index in [0.29, 0.717) is 18.8 Å². The molecule has 1 fully saturated rings. The second-order valence-electron chi connectivity index (χ2n) is 3.46. The molecular formula is C8H13N3O2. The molecule has 0 aliphatic heterocycles. The predicted molar refractivity (Wildman–Crippen MR) is 44.8 cm³/mol. The zero-order valence-corrected chi connectivity index (χ0v) is 7.56. The number of hydrogen-bond acceptors (Lipinski definition) is 5.